The van der Waals surface area contributed by atoms with Gasteiger partial charge in [-0.2, -0.15) is 13.2 Å². The van der Waals surface area contributed by atoms with Crippen LogP contribution in [-0.2, 0) is 38.8 Å². The van der Waals surface area contributed by atoms with Gasteiger partial charge in [-0.25, -0.2) is 8.42 Å². The number of anilines is 1. The Bertz CT molecular complexity index is 1770. The number of aryl methyl sites for hydroxylation is 1. The summed E-state index contributed by atoms with van der Waals surface area (Å²) in [6.07, 6.45) is -4.65. The van der Waals surface area contributed by atoms with Crippen LogP contribution in [0.4, 0.5) is 18.9 Å². The van der Waals surface area contributed by atoms with Crippen molar-refractivity contribution in [2.24, 2.45) is 0 Å². The van der Waals surface area contributed by atoms with E-state index in [0.717, 1.165) is 23.3 Å². The summed E-state index contributed by atoms with van der Waals surface area (Å²) in [5, 5.41) is 2.95. The molecule has 0 saturated heterocycles. The standard InChI is InChI=1S/C36H38F3N3O4S/c1-26-18-20-28(21-19-26)24-41(32(34(44)40-35(2,3)4)22-27-12-7-5-8-13-27)33(43)25-42(47(45,46)31-16-9-6-10-17-31)30-15-11-14-29(23-30)36(37,38)39/h5-21,23,32H,22,24-25H2,1-4H3,(H,40,44)/t32-/m0/s1. The summed E-state index contributed by atoms with van der Waals surface area (Å²) in [7, 11) is -4.54. The van der Waals surface area contributed by atoms with Gasteiger partial charge in [-0.05, 0) is 69.2 Å². The van der Waals surface area contributed by atoms with E-state index >= 15 is 0 Å². The normalized spacial score (nSPS) is 12.7. The molecule has 4 aromatic carbocycles. The van der Waals surface area contributed by atoms with Gasteiger partial charge < -0.3 is 10.2 Å². The first-order chi connectivity index (χ1) is 22.0. The molecule has 248 valence electrons. The lowest BCUT2D eigenvalue weighted by molar-refractivity contribution is -0.140. The number of nitrogens with zero attached hydrogens (tertiary/aromatic N) is 2. The SMILES string of the molecule is Cc1ccc(CN(C(=O)CN(c2cccc(C(F)(F)F)c2)S(=O)(=O)c2ccccc2)[C@@H](Cc2ccccc2)C(=O)NC(C)(C)C)cc1. The molecule has 0 fully saturated rings. The van der Waals surface area contributed by atoms with Crippen LogP contribution in [0, 0.1) is 6.92 Å². The van der Waals surface area contributed by atoms with Gasteiger partial charge in [-0.1, -0.05) is 84.4 Å². The number of hydrogen-bond acceptors (Lipinski definition) is 4. The zero-order valence-corrected chi connectivity index (χ0v) is 27.5. The molecule has 4 rings (SSSR count). The highest BCUT2D eigenvalue weighted by Gasteiger charge is 2.37. The molecule has 0 aliphatic rings. The van der Waals surface area contributed by atoms with Crippen molar-refractivity contribution in [2.75, 3.05) is 10.8 Å². The highest BCUT2D eigenvalue weighted by Crippen LogP contribution is 2.33. The lowest BCUT2D eigenvalue weighted by Gasteiger charge is -2.35. The van der Waals surface area contributed by atoms with Gasteiger partial charge >= 0.3 is 6.18 Å². The molecule has 1 atom stereocenters. The highest BCUT2D eigenvalue weighted by molar-refractivity contribution is 7.92. The molecule has 0 aliphatic heterocycles. The van der Waals surface area contributed by atoms with Gasteiger partial charge in [0, 0.05) is 18.5 Å². The molecule has 0 spiro atoms. The van der Waals surface area contributed by atoms with Gasteiger partial charge in [-0.3, -0.25) is 13.9 Å². The monoisotopic (exact) mass is 665 g/mol. The largest absolute Gasteiger partial charge is 0.416 e. The number of carbonyl (C=O) groups excluding carboxylic acids is 2. The molecule has 47 heavy (non-hydrogen) atoms. The first-order valence-electron chi connectivity index (χ1n) is 15.0. The lowest BCUT2D eigenvalue weighted by Crippen LogP contribution is -2.56. The molecule has 0 heterocycles. The van der Waals surface area contributed by atoms with E-state index in [1.807, 2.05) is 61.5 Å². The minimum Gasteiger partial charge on any atom is -0.350 e. The molecular formula is C36H38F3N3O4S. The van der Waals surface area contributed by atoms with Crippen LogP contribution in [0.25, 0.3) is 0 Å². The van der Waals surface area contributed by atoms with Crippen LogP contribution in [-0.4, -0.2) is 43.3 Å². The number of sulfonamides is 1. The first kappa shape index (κ1) is 35.2. The molecule has 4 aromatic rings. The van der Waals surface area contributed by atoms with Crippen LogP contribution in [0.15, 0.2) is 114 Å². The van der Waals surface area contributed by atoms with Crippen molar-refractivity contribution >= 4 is 27.5 Å². The number of benzene rings is 4. The van der Waals surface area contributed by atoms with Crippen LogP contribution >= 0.6 is 0 Å². The van der Waals surface area contributed by atoms with Crippen LogP contribution in [0.2, 0.25) is 0 Å². The van der Waals surface area contributed by atoms with Gasteiger partial charge in [0.2, 0.25) is 11.8 Å². The molecule has 2 amide bonds. The maximum absolute atomic E-state index is 14.5. The van der Waals surface area contributed by atoms with Gasteiger partial charge in [0.05, 0.1) is 16.1 Å². The van der Waals surface area contributed by atoms with Crippen molar-refractivity contribution < 1.29 is 31.2 Å². The maximum atomic E-state index is 14.5. The third kappa shape index (κ3) is 9.45. The molecule has 11 heteroatoms. The second-order valence-electron chi connectivity index (χ2n) is 12.3. The van der Waals surface area contributed by atoms with E-state index in [2.05, 4.69) is 5.32 Å². The molecule has 0 aliphatic carbocycles. The summed E-state index contributed by atoms with van der Waals surface area (Å²) in [4.78, 5) is 29.5. The highest BCUT2D eigenvalue weighted by atomic mass is 32.2. The summed E-state index contributed by atoms with van der Waals surface area (Å²) >= 11 is 0. The van der Waals surface area contributed by atoms with Crippen LogP contribution in [0.3, 0.4) is 0 Å². The number of carbonyl (C=O) groups is 2. The number of alkyl halides is 3. The number of halogens is 3. The third-order valence-electron chi connectivity index (χ3n) is 7.31. The fraction of sp³-hybridized carbons (Fsp3) is 0.278. The summed E-state index contributed by atoms with van der Waals surface area (Å²) < 4.78 is 70.0. The number of amides is 2. The molecular weight excluding hydrogens is 627 g/mol. The summed E-state index contributed by atoms with van der Waals surface area (Å²) in [6.45, 7) is 6.40. The predicted octanol–water partition coefficient (Wildman–Crippen LogP) is 6.76. The van der Waals surface area contributed by atoms with Gasteiger partial charge in [0.1, 0.15) is 12.6 Å². The van der Waals surface area contributed by atoms with Crippen molar-refractivity contribution in [3.8, 4) is 0 Å². The maximum Gasteiger partial charge on any atom is 0.416 e. The number of hydrogen-bond donors (Lipinski definition) is 1. The number of rotatable bonds is 11. The second kappa shape index (κ2) is 14.4. The predicted molar refractivity (Wildman–Crippen MR) is 176 cm³/mol. The van der Waals surface area contributed by atoms with Crippen molar-refractivity contribution in [2.45, 2.75) is 63.3 Å². The number of nitrogens with one attached hydrogen (secondary N) is 1. The van der Waals surface area contributed by atoms with Crippen LogP contribution in [0.1, 0.15) is 43.0 Å². The Hall–Kier alpha value is -4.64. The molecule has 1 N–H and O–H groups in total. The molecule has 0 bridgehead atoms. The van der Waals surface area contributed by atoms with E-state index in [-0.39, 0.29) is 23.5 Å². The van der Waals surface area contributed by atoms with E-state index in [0.29, 0.717) is 15.9 Å². The van der Waals surface area contributed by atoms with E-state index < -0.39 is 51.7 Å². The Kier molecular flexibility index (Phi) is 10.8. The van der Waals surface area contributed by atoms with Gasteiger partial charge in [0.25, 0.3) is 10.0 Å². The average Bonchev–Trinajstić information content (AvgIpc) is 3.02. The van der Waals surface area contributed by atoms with E-state index in [9.17, 15) is 31.2 Å². The van der Waals surface area contributed by atoms with Crippen molar-refractivity contribution in [3.63, 3.8) is 0 Å². The fourth-order valence-corrected chi connectivity index (χ4v) is 6.41. The van der Waals surface area contributed by atoms with E-state index in [1.165, 1.54) is 35.2 Å². The zero-order chi connectivity index (χ0) is 34.4. The molecule has 7 nitrogen and oxygen atoms in total. The first-order valence-corrected chi connectivity index (χ1v) is 16.4. The van der Waals surface area contributed by atoms with Crippen molar-refractivity contribution in [1.82, 2.24) is 10.2 Å². The summed E-state index contributed by atoms with van der Waals surface area (Å²) in [6, 6.07) is 26.3. The Morgan fingerprint density at radius 2 is 1.38 bits per heavy atom. The van der Waals surface area contributed by atoms with Gasteiger partial charge in [0.15, 0.2) is 0 Å². The van der Waals surface area contributed by atoms with Crippen LogP contribution in [0.5, 0.6) is 0 Å². The topological polar surface area (TPSA) is 86.8 Å². The smallest absolute Gasteiger partial charge is 0.350 e. The minimum absolute atomic E-state index is 0.0595. The summed E-state index contributed by atoms with van der Waals surface area (Å²) in [5.74, 6) is -1.23. The quantitative estimate of drug-likeness (QED) is 0.192. The average molecular weight is 666 g/mol. The lowest BCUT2D eigenvalue weighted by atomic mass is 10.0. The summed E-state index contributed by atoms with van der Waals surface area (Å²) in [5.41, 5.74) is 0.343. The molecule has 0 aromatic heterocycles. The third-order valence-corrected chi connectivity index (χ3v) is 9.10. The Labute approximate surface area is 274 Å². The molecule has 0 radical (unpaired) electrons. The Morgan fingerprint density at radius 3 is 1.96 bits per heavy atom. The Balaban J connectivity index is 1.85. The Morgan fingerprint density at radius 1 is 0.787 bits per heavy atom. The van der Waals surface area contributed by atoms with Crippen molar-refractivity contribution in [3.05, 3.63) is 131 Å². The van der Waals surface area contributed by atoms with E-state index in [1.54, 1.807) is 26.8 Å². The zero-order valence-electron chi connectivity index (χ0n) is 26.7. The van der Waals surface area contributed by atoms with E-state index in [4.69, 9.17) is 0 Å². The fourth-order valence-electron chi connectivity index (χ4n) is 4.98. The molecule has 0 saturated carbocycles. The minimum atomic E-state index is -4.76. The second-order valence-corrected chi connectivity index (χ2v) is 14.2. The van der Waals surface area contributed by atoms with Crippen LogP contribution < -0.4 is 9.62 Å². The molecule has 0 unspecified atom stereocenters. The van der Waals surface area contributed by atoms with Gasteiger partial charge in [-0.15, -0.1) is 0 Å². The van der Waals surface area contributed by atoms with Crippen molar-refractivity contribution in [1.29, 1.82) is 0 Å².